The highest BCUT2D eigenvalue weighted by Gasteiger charge is 2.16. The highest BCUT2D eigenvalue weighted by atomic mass is 79.9. The fourth-order valence-electron chi connectivity index (χ4n) is 1.31. The molecule has 0 aliphatic carbocycles. The molecular weight excluding hydrogens is 263 g/mol. The van der Waals surface area contributed by atoms with Crippen molar-refractivity contribution in [3.63, 3.8) is 0 Å². The SMILES string of the molecule is CNC1C=C(c2ccc(Br)c(F)c2)NO1. The molecule has 0 saturated heterocycles. The maximum atomic E-state index is 13.3. The summed E-state index contributed by atoms with van der Waals surface area (Å²) in [6.45, 7) is 0. The van der Waals surface area contributed by atoms with Crippen LogP contribution in [0.2, 0.25) is 0 Å². The van der Waals surface area contributed by atoms with E-state index in [1.807, 2.05) is 12.1 Å². The van der Waals surface area contributed by atoms with Gasteiger partial charge in [-0.05, 0) is 41.2 Å². The van der Waals surface area contributed by atoms with Crippen molar-refractivity contribution in [2.45, 2.75) is 6.23 Å². The Hall–Kier alpha value is -0.910. The van der Waals surface area contributed by atoms with Crippen LogP contribution in [-0.4, -0.2) is 13.3 Å². The van der Waals surface area contributed by atoms with Gasteiger partial charge in [0.25, 0.3) is 0 Å². The Morgan fingerprint density at radius 2 is 2.33 bits per heavy atom. The van der Waals surface area contributed by atoms with E-state index in [0.29, 0.717) is 4.47 Å². The minimum Gasteiger partial charge on any atom is -0.290 e. The fourth-order valence-corrected chi connectivity index (χ4v) is 1.55. The molecule has 2 N–H and O–H groups in total. The van der Waals surface area contributed by atoms with Crippen LogP contribution in [0.5, 0.6) is 0 Å². The summed E-state index contributed by atoms with van der Waals surface area (Å²) in [5, 5.41) is 2.93. The zero-order chi connectivity index (χ0) is 10.8. The minimum absolute atomic E-state index is 0.174. The van der Waals surface area contributed by atoms with Crippen LogP contribution in [0.15, 0.2) is 28.7 Å². The molecule has 0 spiro atoms. The van der Waals surface area contributed by atoms with Gasteiger partial charge >= 0.3 is 0 Å². The Kier molecular flexibility index (Phi) is 3.04. The van der Waals surface area contributed by atoms with Gasteiger partial charge in [0.15, 0.2) is 6.23 Å². The van der Waals surface area contributed by atoms with Gasteiger partial charge in [0.2, 0.25) is 0 Å². The average molecular weight is 273 g/mol. The molecule has 1 aromatic rings. The van der Waals surface area contributed by atoms with Crippen LogP contribution in [0.25, 0.3) is 5.70 Å². The number of nitrogens with one attached hydrogen (secondary N) is 2. The molecule has 80 valence electrons. The Labute approximate surface area is 95.4 Å². The quantitative estimate of drug-likeness (QED) is 0.864. The van der Waals surface area contributed by atoms with Crippen molar-refractivity contribution in [1.82, 2.24) is 10.8 Å². The lowest BCUT2D eigenvalue weighted by molar-refractivity contribution is 0.0364. The molecule has 0 radical (unpaired) electrons. The molecule has 1 aliphatic heterocycles. The minimum atomic E-state index is -0.289. The van der Waals surface area contributed by atoms with Crippen LogP contribution in [-0.2, 0) is 4.84 Å². The van der Waals surface area contributed by atoms with Crippen LogP contribution in [0.3, 0.4) is 0 Å². The number of hydrogen-bond donors (Lipinski definition) is 2. The topological polar surface area (TPSA) is 33.3 Å². The van der Waals surface area contributed by atoms with Gasteiger partial charge in [0, 0.05) is 5.56 Å². The standard InChI is InChI=1S/C10H10BrFN2O/c1-13-10-5-9(14-15-10)6-2-3-7(11)8(12)4-6/h2-5,10,13-14H,1H3. The van der Waals surface area contributed by atoms with E-state index in [2.05, 4.69) is 26.7 Å². The maximum absolute atomic E-state index is 13.3. The van der Waals surface area contributed by atoms with Gasteiger partial charge in [-0.15, -0.1) is 0 Å². The first-order valence-corrected chi connectivity index (χ1v) is 5.26. The molecule has 0 aromatic heterocycles. The summed E-state index contributed by atoms with van der Waals surface area (Å²) in [5.74, 6) is -0.289. The van der Waals surface area contributed by atoms with Crippen LogP contribution >= 0.6 is 15.9 Å². The molecule has 0 bridgehead atoms. The van der Waals surface area contributed by atoms with Crippen LogP contribution < -0.4 is 10.8 Å². The van der Waals surface area contributed by atoms with Crippen molar-refractivity contribution in [1.29, 1.82) is 0 Å². The third kappa shape index (κ3) is 2.19. The smallest absolute Gasteiger partial charge is 0.156 e. The molecule has 1 heterocycles. The lowest BCUT2D eigenvalue weighted by Gasteiger charge is -2.05. The highest BCUT2D eigenvalue weighted by molar-refractivity contribution is 9.10. The van der Waals surface area contributed by atoms with E-state index in [0.717, 1.165) is 11.3 Å². The summed E-state index contributed by atoms with van der Waals surface area (Å²) < 4.78 is 13.7. The zero-order valence-electron chi connectivity index (χ0n) is 8.05. The van der Waals surface area contributed by atoms with Gasteiger partial charge in [0.1, 0.15) is 5.82 Å². The first-order chi connectivity index (χ1) is 7.20. The summed E-state index contributed by atoms with van der Waals surface area (Å²) in [6, 6.07) is 4.93. The second kappa shape index (κ2) is 4.30. The van der Waals surface area contributed by atoms with Crippen molar-refractivity contribution in [3.05, 3.63) is 40.1 Å². The summed E-state index contributed by atoms with van der Waals surface area (Å²) >= 11 is 3.10. The molecule has 3 nitrogen and oxygen atoms in total. The third-order valence-corrected chi connectivity index (χ3v) is 2.77. The Bertz CT molecular complexity index is 408. The van der Waals surface area contributed by atoms with E-state index < -0.39 is 0 Å². The van der Waals surface area contributed by atoms with Crippen LogP contribution in [0.4, 0.5) is 4.39 Å². The van der Waals surface area contributed by atoms with Crippen molar-refractivity contribution in [2.24, 2.45) is 0 Å². The molecule has 0 fully saturated rings. The number of benzene rings is 1. The van der Waals surface area contributed by atoms with Crippen molar-refractivity contribution >= 4 is 21.6 Å². The fraction of sp³-hybridized carbons (Fsp3) is 0.200. The average Bonchev–Trinajstić information content (AvgIpc) is 2.70. The highest BCUT2D eigenvalue weighted by Crippen LogP contribution is 2.22. The number of likely N-dealkylation sites (N-methyl/N-ethyl adjacent to an activating group) is 1. The van der Waals surface area contributed by atoms with E-state index in [1.165, 1.54) is 6.07 Å². The molecule has 1 atom stereocenters. The molecule has 1 aromatic carbocycles. The number of rotatable bonds is 2. The van der Waals surface area contributed by atoms with E-state index in [9.17, 15) is 4.39 Å². The Morgan fingerprint density at radius 3 is 2.93 bits per heavy atom. The molecule has 15 heavy (non-hydrogen) atoms. The van der Waals surface area contributed by atoms with E-state index in [-0.39, 0.29) is 12.0 Å². The number of hydroxylamine groups is 1. The van der Waals surface area contributed by atoms with Gasteiger partial charge < -0.3 is 0 Å². The monoisotopic (exact) mass is 272 g/mol. The second-order valence-corrected chi connectivity index (χ2v) is 3.99. The van der Waals surface area contributed by atoms with Crippen LogP contribution in [0.1, 0.15) is 5.56 Å². The van der Waals surface area contributed by atoms with Crippen molar-refractivity contribution in [2.75, 3.05) is 7.05 Å². The molecule has 1 aliphatic rings. The predicted molar refractivity (Wildman–Crippen MR) is 59.1 cm³/mol. The zero-order valence-corrected chi connectivity index (χ0v) is 9.64. The van der Waals surface area contributed by atoms with Gasteiger partial charge in [-0.25, -0.2) is 4.39 Å². The lowest BCUT2D eigenvalue weighted by atomic mass is 10.1. The molecular formula is C10H10BrFN2O. The van der Waals surface area contributed by atoms with Crippen molar-refractivity contribution in [3.8, 4) is 0 Å². The van der Waals surface area contributed by atoms with Gasteiger partial charge in [-0.1, -0.05) is 6.07 Å². The molecule has 0 saturated carbocycles. The first kappa shape index (κ1) is 10.6. The Balaban J connectivity index is 2.27. The second-order valence-electron chi connectivity index (χ2n) is 3.14. The van der Waals surface area contributed by atoms with Gasteiger partial charge in [-0.3, -0.25) is 15.6 Å². The van der Waals surface area contributed by atoms with E-state index >= 15 is 0 Å². The summed E-state index contributed by atoms with van der Waals surface area (Å²) in [6.07, 6.45) is 1.68. The van der Waals surface area contributed by atoms with Crippen molar-refractivity contribution < 1.29 is 9.23 Å². The molecule has 5 heteroatoms. The normalized spacial score (nSPS) is 19.9. The largest absolute Gasteiger partial charge is 0.290 e. The number of hydrogen-bond acceptors (Lipinski definition) is 3. The third-order valence-electron chi connectivity index (χ3n) is 2.13. The van der Waals surface area contributed by atoms with Gasteiger partial charge in [0.05, 0.1) is 10.2 Å². The summed E-state index contributed by atoms with van der Waals surface area (Å²) in [5.41, 5.74) is 4.26. The predicted octanol–water partition coefficient (Wildman–Crippen LogP) is 2.01. The summed E-state index contributed by atoms with van der Waals surface area (Å²) in [7, 11) is 1.79. The molecule has 2 rings (SSSR count). The summed E-state index contributed by atoms with van der Waals surface area (Å²) in [4.78, 5) is 5.15. The van der Waals surface area contributed by atoms with Gasteiger partial charge in [-0.2, -0.15) is 0 Å². The van der Waals surface area contributed by atoms with E-state index in [4.69, 9.17) is 4.84 Å². The Morgan fingerprint density at radius 1 is 1.53 bits per heavy atom. The number of halogens is 2. The maximum Gasteiger partial charge on any atom is 0.156 e. The first-order valence-electron chi connectivity index (χ1n) is 4.47. The lowest BCUT2D eigenvalue weighted by Crippen LogP contribution is -2.25. The van der Waals surface area contributed by atoms with Crippen LogP contribution in [0, 0.1) is 5.82 Å². The molecule has 1 unspecified atom stereocenters. The van der Waals surface area contributed by atoms with E-state index in [1.54, 1.807) is 13.1 Å². The molecule has 0 amide bonds.